The number of rotatable bonds is 10. The van der Waals surface area contributed by atoms with E-state index in [1.165, 1.54) is 0 Å². The summed E-state index contributed by atoms with van der Waals surface area (Å²) in [4.78, 5) is 62.3. The van der Waals surface area contributed by atoms with Gasteiger partial charge in [0.2, 0.25) is 11.8 Å². The molecule has 5 N–H and O–H groups in total. The Morgan fingerprint density at radius 3 is 2.24 bits per heavy atom. The molecule has 10 nitrogen and oxygen atoms in total. The van der Waals surface area contributed by atoms with Gasteiger partial charge in [-0.05, 0) is 50.2 Å². The molecule has 1 aliphatic rings. The number of carbonyl (C=O) groups is 5. The number of amides is 4. The minimum atomic E-state index is -1.08. The number of para-hydroxylation sites is 1. The molecule has 1 fully saturated rings. The van der Waals surface area contributed by atoms with Crippen LogP contribution in [0, 0.1) is 25.7 Å². The van der Waals surface area contributed by atoms with Crippen molar-refractivity contribution in [3.05, 3.63) is 29.3 Å². The fraction of sp³-hybridized carbons (Fsp3) is 0.542. The van der Waals surface area contributed by atoms with Crippen molar-refractivity contribution in [1.29, 1.82) is 0 Å². The van der Waals surface area contributed by atoms with Crippen LogP contribution in [0.25, 0.3) is 0 Å². The lowest BCUT2D eigenvalue weighted by molar-refractivity contribution is -0.138. The number of aryl methyl sites for hydroxylation is 2. The molecule has 1 heterocycles. The summed E-state index contributed by atoms with van der Waals surface area (Å²) in [5, 5.41) is 19.6. The molecule has 186 valence electrons. The van der Waals surface area contributed by atoms with Crippen molar-refractivity contribution in [2.45, 2.75) is 59.0 Å². The summed E-state index contributed by atoms with van der Waals surface area (Å²) in [6, 6.07) is 3.28. The van der Waals surface area contributed by atoms with Crippen LogP contribution < -0.4 is 21.3 Å². The van der Waals surface area contributed by atoms with E-state index in [1.807, 2.05) is 19.9 Å². The summed E-state index contributed by atoms with van der Waals surface area (Å²) in [6.07, 6.45) is 0.791. The molecule has 4 amide bonds. The first-order valence-corrected chi connectivity index (χ1v) is 11.4. The summed E-state index contributed by atoms with van der Waals surface area (Å²) in [6.45, 7) is 7.00. The maximum atomic E-state index is 13.0. The molecule has 1 aliphatic heterocycles. The van der Waals surface area contributed by atoms with Gasteiger partial charge in [-0.25, -0.2) is 0 Å². The first kappa shape index (κ1) is 27.0. The molecule has 1 aromatic carbocycles. The second kappa shape index (κ2) is 12.3. The fourth-order valence-corrected chi connectivity index (χ4v) is 3.92. The van der Waals surface area contributed by atoms with Gasteiger partial charge >= 0.3 is 11.8 Å². The van der Waals surface area contributed by atoms with E-state index in [9.17, 15) is 29.1 Å². The van der Waals surface area contributed by atoms with Gasteiger partial charge in [-0.3, -0.25) is 24.0 Å². The third kappa shape index (κ3) is 7.38. The molecule has 0 aliphatic carbocycles. The monoisotopic (exact) mass is 474 g/mol. The van der Waals surface area contributed by atoms with Crippen LogP contribution in [0.5, 0.6) is 0 Å². The smallest absolute Gasteiger partial charge is 0.313 e. The largest absolute Gasteiger partial charge is 0.389 e. The highest BCUT2D eigenvalue weighted by molar-refractivity contribution is 6.40. The first-order valence-electron chi connectivity index (χ1n) is 11.4. The second-order valence-electron chi connectivity index (χ2n) is 9.07. The van der Waals surface area contributed by atoms with E-state index in [1.54, 1.807) is 26.0 Å². The number of anilines is 1. The Morgan fingerprint density at radius 1 is 1.06 bits per heavy atom. The van der Waals surface area contributed by atoms with Gasteiger partial charge in [0.15, 0.2) is 5.78 Å². The van der Waals surface area contributed by atoms with Crippen LogP contribution in [0.15, 0.2) is 18.2 Å². The molecule has 0 bridgehead atoms. The maximum absolute atomic E-state index is 13.0. The van der Waals surface area contributed by atoms with Crippen molar-refractivity contribution in [1.82, 2.24) is 16.0 Å². The first-order chi connectivity index (χ1) is 16.0. The lowest BCUT2D eigenvalue weighted by Gasteiger charge is -2.24. The van der Waals surface area contributed by atoms with Gasteiger partial charge in [-0.2, -0.15) is 0 Å². The number of aliphatic hydroxyl groups is 1. The van der Waals surface area contributed by atoms with E-state index in [-0.39, 0.29) is 24.7 Å². The van der Waals surface area contributed by atoms with E-state index in [0.29, 0.717) is 18.7 Å². The molecule has 0 saturated carbocycles. The van der Waals surface area contributed by atoms with Gasteiger partial charge in [-0.1, -0.05) is 32.0 Å². The number of hydrogen-bond acceptors (Lipinski definition) is 6. The highest BCUT2D eigenvalue weighted by atomic mass is 16.3. The standard InChI is InChI=1S/C24H34N4O6/c1-13(2)10-18(27-23(33)24(34)28-20-14(3)6-5-7-15(20)4)22(32)26-17(19(30)12-29)11-16-8-9-25-21(16)31/h5-7,13,16-18,29H,8-12H2,1-4H3,(H,25,31)(H,26,32)(H,27,33)(H,28,34)/t16-,17-,18-/m0/s1. The average molecular weight is 475 g/mol. The van der Waals surface area contributed by atoms with Crippen LogP contribution in [-0.2, 0) is 24.0 Å². The molecule has 34 heavy (non-hydrogen) atoms. The molecule has 0 aromatic heterocycles. The van der Waals surface area contributed by atoms with Crippen molar-refractivity contribution in [3.8, 4) is 0 Å². The van der Waals surface area contributed by atoms with Crippen LogP contribution in [0.1, 0.15) is 44.2 Å². The number of ketones is 1. The van der Waals surface area contributed by atoms with Crippen molar-refractivity contribution in [2.75, 3.05) is 18.5 Å². The minimum absolute atomic E-state index is 0.00896. The number of aliphatic hydroxyl groups excluding tert-OH is 1. The molecule has 2 rings (SSSR count). The molecule has 0 spiro atoms. The van der Waals surface area contributed by atoms with Gasteiger partial charge in [0, 0.05) is 18.2 Å². The molecule has 1 aromatic rings. The molecule has 1 saturated heterocycles. The number of hydrogen-bond donors (Lipinski definition) is 5. The van der Waals surface area contributed by atoms with Crippen LogP contribution >= 0.6 is 0 Å². The van der Waals surface area contributed by atoms with Crippen molar-refractivity contribution in [2.24, 2.45) is 11.8 Å². The van der Waals surface area contributed by atoms with E-state index in [4.69, 9.17) is 0 Å². The predicted molar refractivity (Wildman–Crippen MR) is 126 cm³/mol. The van der Waals surface area contributed by atoms with E-state index in [0.717, 1.165) is 11.1 Å². The summed E-state index contributed by atoms with van der Waals surface area (Å²) in [7, 11) is 0. The highest BCUT2D eigenvalue weighted by Crippen LogP contribution is 2.19. The molecule has 3 atom stereocenters. The summed E-state index contributed by atoms with van der Waals surface area (Å²) in [5.74, 6) is -3.86. The Morgan fingerprint density at radius 2 is 1.71 bits per heavy atom. The summed E-state index contributed by atoms with van der Waals surface area (Å²) < 4.78 is 0. The van der Waals surface area contributed by atoms with Gasteiger partial charge in [0.05, 0.1) is 6.04 Å². The molecular weight excluding hydrogens is 440 g/mol. The van der Waals surface area contributed by atoms with E-state index < -0.39 is 48.1 Å². The zero-order valence-corrected chi connectivity index (χ0v) is 20.1. The molecule has 0 radical (unpaired) electrons. The van der Waals surface area contributed by atoms with Crippen LogP contribution in [0.3, 0.4) is 0 Å². The van der Waals surface area contributed by atoms with Crippen molar-refractivity contribution in [3.63, 3.8) is 0 Å². The van der Waals surface area contributed by atoms with Gasteiger partial charge in [-0.15, -0.1) is 0 Å². The number of Topliss-reactive ketones (excluding diaryl/α,β-unsaturated/α-hetero) is 1. The maximum Gasteiger partial charge on any atom is 0.313 e. The molecule has 0 unspecified atom stereocenters. The van der Waals surface area contributed by atoms with E-state index in [2.05, 4.69) is 21.3 Å². The lowest BCUT2D eigenvalue weighted by Crippen LogP contribution is -2.54. The normalized spacial score (nSPS) is 17.0. The van der Waals surface area contributed by atoms with Crippen LogP contribution in [0.2, 0.25) is 0 Å². The SMILES string of the molecule is Cc1cccc(C)c1NC(=O)C(=O)N[C@@H](CC(C)C)C(=O)N[C@@H](C[C@@H]1CCNC1=O)C(=O)CO. The van der Waals surface area contributed by atoms with Gasteiger partial charge in [0.1, 0.15) is 12.6 Å². The Bertz CT molecular complexity index is 925. The summed E-state index contributed by atoms with van der Waals surface area (Å²) >= 11 is 0. The lowest BCUT2D eigenvalue weighted by atomic mass is 9.95. The van der Waals surface area contributed by atoms with Crippen molar-refractivity contribution < 1.29 is 29.1 Å². The third-order valence-electron chi connectivity index (χ3n) is 5.80. The van der Waals surface area contributed by atoms with Gasteiger partial charge in [0.25, 0.3) is 0 Å². The quantitative estimate of drug-likeness (QED) is 0.308. The number of benzene rings is 1. The number of nitrogens with one attached hydrogen (secondary N) is 4. The van der Waals surface area contributed by atoms with Crippen LogP contribution in [0.4, 0.5) is 5.69 Å². The predicted octanol–water partition coefficient (Wildman–Crippen LogP) is 0.345. The molecule has 10 heteroatoms. The van der Waals surface area contributed by atoms with E-state index >= 15 is 0 Å². The Hall–Kier alpha value is -3.27. The second-order valence-corrected chi connectivity index (χ2v) is 9.07. The Labute approximate surface area is 199 Å². The zero-order chi connectivity index (χ0) is 25.4. The Balaban J connectivity index is 2.10. The third-order valence-corrected chi connectivity index (χ3v) is 5.80. The highest BCUT2D eigenvalue weighted by Gasteiger charge is 2.33. The average Bonchev–Trinajstić information content (AvgIpc) is 3.18. The van der Waals surface area contributed by atoms with Gasteiger partial charge < -0.3 is 26.4 Å². The van der Waals surface area contributed by atoms with Crippen molar-refractivity contribution >= 4 is 35.1 Å². The fourth-order valence-electron chi connectivity index (χ4n) is 3.92. The van der Waals surface area contributed by atoms with Crippen LogP contribution in [-0.4, -0.2) is 59.8 Å². The summed E-state index contributed by atoms with van der Waals surface area (Å²) in [5.41, 5.74) is 2.11. The number of carbonyl (C=O) groups excluding carboxylic acids is 5. The minimum Gasteiger partial charge on any atom is -0.389 e. The topological polar surface area (TPSA) is 154 Å². The Kier molecular flexibility index (Phi) is 9.73. The molecular formula is C24H34N4O6. The zero-order valence-electron chi connectivity index (χ0n) is 20.1.